The molecule has 0 saturated heterocycles. The normalized spacial score (nSPS) is 36.1. The summed E-state index contributed by atoms with van der Waals surface area (Å²) < 4.78 is 0. The summed E-state index contributed by atoms with van der Waals surface area (Å²) in [5, 5.41) is 52.0. The first kappa shape index (κ1) is 28.1. The molecule has 0 aliphatic heterocycles. The van der Waals surface area contributed by atoms with Crippen LogP contribution in [0.25, 0.3) is 10.9 Å². The van der Waals surface area contributed by atoms with Crippen LogP contribution in [0.15, 0.2) is 47.5 Å². The fraction of sp³-hybridized carbons (Fsp3) is 0.645. The average molecular weight is 539 g/mol. The van der Waals surface area contributed by atoms with Gasteiger partial charge in [-0.25, -0.2) is 0 Å². The number of hydrogen-bond donors (Lipinski definition) is 7. The number of nitrogens with zero attached hydrogens (tertiary/aromatic N) is 1. The van der Waals surface area contributed by atoms with Crippen molar-refractivity contribution in [3.63, 3.8) is 0 Å². The molecule has 4 aliphatic carbocycles. The molecule has 6 rings (SSSR count). The predicted molar refractivity (Wildman–Crippen MR) is 154 cm³/mol. The van der Waals surface area contributed by atoms with E-state index in [9.17, 15) is 15.3 Å². The molecule has 4 aliphatic rings. The van der Waals surface area contributed by atoms with E-state index in [0.717, 1.165) is 42.5 Å². The van der Waals surface area contributed by atoms with E-state index in [1.54, 1.807) is 7.05 Å². The molecule has 0 radical (unpaired) electrons. The number of aromatic nitrogens is 1. The topological polar surface area (TPSA) is 133 Å². The van der Waals surface area contributed by atoms with Gasteiger partial charge in [-0.3, -0.25) is 4.99 Å². The third kappa shape index (κ3) is 5.24. The second-order valence-corrected chi connectivity index (χ2v) is 12.4. The van der Waals surface area contributed by atoms with Gasteiger partial charge in [0.1, 0.15) is 0 Å². The SMILES string of the molecule is C=C(Cc1cc2ccccc2[nH]1)C1CC2CCC1C1C(CC(O)C1(O)CCNC(=NC)NCCCO)C2(C)O. The molecule has 2 aromatic rings. The van der Waals surface area contributed by atoms with Crippen molar-refractivity contribution < 1.29 is 20.4 Å². The van der Waals surface area contributed by atoms with E-state index in [4.69, 9.17) is 5.11 Å². The molecule has 0 amide bonds. The molecule has 1 aromatic carbocycles. The number of rotatable bonds is 9. The van der Waals surface area contributed by atoms with E-state index in [-0.39, 0.29) is 36.2 Å². The number of aliphatic hydroxyl groups excluding tert-OH is 2. The highest BCUT2D eigenvalue weighted by Crippen LogP contribution is 2.62. The highest BCUT2D eigenvalue weighted by atomic mass is 16.3. The maximum atomic E-state index is 12.2. The minimum absolute atomic E-state index is 0.105. The minimum atomic E-state index is -1.31. The van der Waals surface area contributed by atoms with Crippen LogP contribution in [0, 0.1) is 29.6 Å². The third-order valence-corrected chi connectivity index (χ3v) is 10.2. The molecule has 8 unspecified atom stereocenters. The molecule has 8 heteroatoms. The van der Waals surface area contributed by atoms with Crippen molar-refractivity contribution in [3.05, 3.63) is 48.2 Å². The van der Waals surface area contributed by atoms with Gasteiger partial charge in [-0.1, -0.05) is 30.4 Å². The Morgan fingerprint density at radius 3 is 2.67 bits per heavy atom. The number of nitrogens with one attached hydrogen (secondary N) is 3. The maximum Gasteiger partial charge on any atom is 0.190 e. The molecule has 8 atom stereocenters. The number of para-hydroxylation sites is 1. The lowest BCUT2D eigenvalue weighted by Crippen LogP contribution is -2.51. The Bertz CT molecular complexity index is 1160. The molecule has 4 saturated carbocycles. The van der Waals surface area contributed by atoms with Gasteiger partial charge >= 0.3 is 0 Å². The van der Waals surface area contributed by atoms with Crippen molar-refractivity contribution in [3.8, 4) is 0 Å². The van der Waals surface area contributed by atoms with Gasteiger partial charge in [0.25, 0.3) is 0 Å². The lowest BCUT2D eigenvalue weighted by molar-refractivity contribution is -0.113. The molecule has 39 heavy (non-hydrogen) atoms. The van der Waals surface area contributed by atoms with Gasteiger partial charge in [0.05, 0.1) is 17.3 Å². The zero-order chi connectivity index (χ0) is 27.8. The van der Waals surface area contributed by atoms with Crippen LogP contribution in [-0.4, -0.2) is 75.4 Å². The van der Waals surface area contributed by atoms with Crippen LogP contribution in [0.5, 0.6) is 0 Å². The van der Waals surface area contributed by atoms with Crippen molar-refractivity contribution in [2.45, 2.75) is 69.2 Å². The quantitative estimate of drug-likeness (QED) is 0.114. The smallest absolute Gasteiger partial charge is 0.190 e. The molecule has 8 nitrogen and oxygen atoms in total. The second kappa shape index (κ2) is 11.2. The van der Waals surface area contributed by atoms with E-state index in [1.807, 2.05) is 19.1 Å². The van der Waals surface area contributed by atoms with E-state index >= 15 is 0 Å². The number of benzene rings is 1. The van der Waals surface area contributed by atoms with Gasteiger partial charge in [-0.05, 0) is 92.6 Å². The fourth-order valence-electron chi connectivity index (χ4n) is 8.19. The van der Waals surface area contributed by atoms with Crippen molar-refractivity contribution >= 4 is 16.9 Å². The van der Waals surface area contributed by atoms with Gasteiger partial charge in [0.15, 0.2) is 5.96 Å². The van der Waals surface area contributed by atoms with Gasteiger partial charge in [0, 0.05) is 44.4 Å². The molecule has 0 spiro atoms. The standard InChI is InChI=1S/C31H46N4O4/c1-19(15-22-16-20-7-4-5-8-26(20)35-22)24-17-21-9-10-23(24)28-25(30(21,2)38)18-27(37)31(28,39)11-13-34-29(32-3)33-12-6-14-36/h4-5,7-8,16,21,23-25,27-28,35-39H,1,6,9-15,17-18H2,2-3H3,(H2,32,33,34). The van der Waals surface area contributed by atoms with E-state index in [2.05, 4.69) is 45.4 Å². The number of hydrogen-bond acceptors (Lipinski definition) is 5. The van der Waals surface area contributed by atoms with Crippen molar-refractivity contribution in [1.82, 2.24) is 15.6 Å². The number of aliphatic hydroxyl groups is 4. The maximum absolute atomic E-state index is 12.2. The van der Waals surface area contributed by atoms with Gasteiger partial charge in [-0.2, -0.15) is 0 Å². The summed E-state index contributed by atoms with van der Waals surface area (Å²) in [6.45, 7) is 7.64. The summed E-state index contributed by atoms with van der Waals surface area (Å²) in [6.07, 6.45) is 3.95. The highest BCUT2D eigenvalue weighted by Gasteiger charge is 2.65. The minimum Gasteiger partial charge on any atom is -0.396 e. The van der Waals surface area contributed by atoms with Crippen LogP contribution in [0.1, 0.15) is 51.1 Å². The van der Waals surface area contributed by atoms with Crippen LogP contribution in [-0.2, 0) is 6.42 Å². The van der Waals surface area contributed by atoms with E-state index in [0.29, 0.717) is 38.3 Å². The number of guanidine groups is 1. The molecular weight excluding hydrogens is 492 g/mol. The zero-order valence-electron chi connectivity index (χ0n) is 23.4. The van der Waals surface area contributed by atoms with Crippen LogP contribution in [0.4, 0.5) is 0 Å². The number of H-pyrrole nitrogens is 1. The fourth-order valence-corrected chi connectivity index (χ4v) is 8.19. The summed E-state index contributed by atoms with van der Waals surface area (Å²) in [6, 6.07) is 10.5. The van der Waals surface area contributed by atoms with Crippen molar-refractivity contribution in [2.24, 2.45) is 34.6 Å². The van der Waals surface area contributed by atoms with Crippen LogP contribution in [0.3, 0.4) is 0 Å². The first-order chi connectivity index (χ1) is 18.7. The first-order valence-corrected chi connectivity index (χ1v) is 14.6. The van der Waals surface area contributed by atoms with Crippen LogP contribution in [0.2, 0.25) is 0 Å². The first-order valence-electron chi connectivity index (χ1n) is 14.6. The van der Waals surface area contributed by atoms with Gasteiger partial charge in [0.2, 0.25) is 0 Å². The molecule has 214 valence electrons. The lowest BCUT2D eigenvalue weighted by Gasteiger charge is -2.43. The van der Waals surface area contributed by atoms with Crippen molar-refractivity contribution in [1.29, 1.82) is 0 Å². The van der Waals surface area contributed by atoms with Gasteiger partial charge < -0.3 is 36.0 Å². The molecule has 1 aromatic heterocycles. The summed E-state index contributed by atoms with van der Waals surface area (Å²) in [7, 11) is 1.69. The highest BCUT2D eigenvalue weighted by molar-refractivity contribution is 5.80. The van der Waals surface area contributed by atoms with E-state index < -0.39 is 17.3 Å². The summed E-state index contributed by atoms with van der Waals surface area (Å²) in [5.41, 5.74) is 1.14. The molecule has 7 N–H and O–H groups in total. The zero-order valence-corrected chi connectivity index (χ0v) is 23.4. The average Bonchev–Trinajstić information content (AvgIpc) is 3.39. The number of aromatic amines is 1. The third-order valence-electron chi connectivity index (χ3n) is 10.2. The van der Waals surface area contributed by atoms with Gasteiger partial charge in [-0.15, -0.1) is 0 Å². The Morgan fingerprint density at radius 1 is 1.15 bits per heavy atom. The van der Waals surface area contributed by atoms with Crippen LogP contribution >= 0.6 is 0 Å². The summed E-state index contributed by atoms with van der Waals surface area (Å²) in [4.78, 5) is 7.76. The molecule has 4 fully saturated rings. The molecule has 2 bridgehead atoms. The Morgan fingerprint density at radius 2 is 1.92 bits per heavy atom. The predicted octanol–water partition coefficient (Wildman–Crippen LogP) is 2.73. The van der Waals surface area contributed by atoms with Crippen LogP contribution < -0.4 is 10.6 Å². The second-order valence-electron chi connectivity index (χ2n) is 12.4. The lowest BCUT2D eigenvalue weighted by atomic mass is 9.64. The number of fused-ring (bicyclic) bond motifs is 3. The number of aliphatic imine (C=N–C) groups is 1. The van der Waals surface area contributed by atoms with E-state index in [1.165, 1.54) is 5.39 Å². The Labute approximate surface area is 231 Å². The Kier molecular flexibility index (Phi) is 8.11. The Balaban J connectivity index is 1.36. The Hall–Kier alpha value is -2.39. The van der Waals surface area contributed by atoms with Crippen molar-refractivity contribution in [2.75, 3.05) is 26.7 Å². The number of allylic oxidation sites excluding steroid dienone is 1. The molecule has 1 heterocycles. The molecular formula is C31H46N4O4. The summed E-state index contributed by atoms with van der Waals surface area (Å²) in [5.74, 6) is 0.675. The monoisotopic (exact) mass is 538 g/mol. The summed E-state index contributed by atoms with van der Waals surface area (Å²) >= 11 is 0. The largest absolute Gasteiger partial charge is 0.396 e.